The smallest absolute Gasteiger partial charge is 0.202 e. The lowest BCUT2D eigenvalue weighted by atomic mass is 10.1. The molecule has 0 aliphatic rings. The molecular weight excluding hydrogens is 336 g/mol. The predicted octanol–water partition coefficient (Wildman–Crippen LogP) is 6.30. The second kappa shape index (κ2) is 10.8. The van der Waals surface area contributed by atoms with Crippen molar-refractivity contribution in [2.45, 2.75) is 26.2 Å². The van der Waals surface area contributed by atoms with E-state index in [2.05, 4.69) is 6.92 Å². The summed E-state index contributed by atoms with van der Waals surface area (Å²) in [4.78, 5) is 12.9. The Morgan fingerprint density at radius 2 is 1.71 bits per heavy atom. The number of rotatable bonds is 7. The highest BCUT2D eigenvalue weighted by molar-refractivity contribution is 7.12. The maximum atomic E-state index is 12.1. The van der Waals surface area contributed by atoms with E-state index >= 15 is 0 Å². The van der Waals surface area contributed by atoms with Crippen molar-refractivity contribution < 1.29 is 9.53 Å². The van der Waals surface area contributed by atoms with Crippen LogP contribution < -0.4 is 4.74 Å². The lowest BCUT2D eigenvalue weighted by Gasteiger charge is -2.06. The van der Waals surface area contributed by atoms with E-state index in [1.54, 1.807) is 11.3 Å². The van der Waals surface area contributed by atoms with Gasteiger partial charge in [-0.25, -0.2) is 0 Å². The van der Waals surface area contributed by atoms with Crippen LogP contribution in [0.2, 0.25) is 0 Å². The number of carbonyl (C=O) groups is 1. The van der Waals surface area contributed by atoms with Crippen molar-refractivity contribution in [3.8, 4) is 5.75 Å². The van der Waals surface area contributed by atoms with Crippen molar-refractivity contribution in [3.63, 3.8) is 0 Å². The van der Waals surface area contributed by atoms with Crippen LogP contribution in [0, 0.1) is 0 Å². The number of carbonyl (C=O) groups excluding carboxylic acids is 1. The monoisotopic (exact) mass is 358 g/mol. The van der Waals surface area contributed by atoms with Crippen molar-refractivity contribution in [2.24, 2.45) is 0 Å². The summed E-state index contributed by atoms with van der Waals surface area (Å²) in [5.41, 5.74) is 0.711. The van der Waals surface area contributed by atoms with Gasteiger partial charge in [0.15, 0.2) is 0 Å². The van der Waals surface area contributed by atoms with Crippen LogP contribution in [0.1, 0.15) is 41.4 Å². The van der Waals surface area contributed by atoms with Gasteiger partial charge in [0, 0.05) is 5.56 Å². The van der Waals surface area contributed by atoms with Gasteiger partial charge in [-0.1, -0.05) is 38.0 Å². The average molecular weight is 359 g/mol. The van der Waals surface area contributed by atoms with E-state index < -0.39 is 0 Å². The molecule has 3 aromatic rings. The Kier molecular flexibility index (Phi) is 8.28. The summed E-state index contributed by atoms with van der Waals surface area (Å²) in [6, 6.07) is 15.2. The minimum atomic E-state index is 0.0764. The molecule has 0 saturated heterocycles. The van der Waals surface area contributed by atoms with Crippen molar-refractivity contribution in [2.75, 3.05) is 6.61 Å². The molecule has 3 rings (SSSR count). The summed E-state index contributed by atoms with van der Waals surface area (Å²) in [7, 11) is 0. The summed E-state index contributed by atoms with van der Waals surface area (Å²) < 4.78 is 5.62. The molecule has 0 aliphatic heterocycles. The quantitative estimate of drug-likeness (QED) is 0.366. The van der Waals surface area contributed by atoms with E-state index in [1.807, 2.05) is 64.7 Å². The summed E-state index contributed by atoms with van der Waals surface area (Å²) in [5.74, 6) is 0.909. The number of thiophene rings is 2. The van der Waals surface area contributed by atoms with E-state index in [1.165, 1.54) is 24.2 Å². The molecule has 126 valence electrons. The first-order valence-electron chi connectivity index (χ1n) is 8.09. The summed E-state index contributed by atoms with van der Waals surface area (Å²) in [5, 5.41) is 6.00. The van der Waals surface area contributed by atoms with E-state index in [-0.39, 0.29) is 5.78 Å². The first kappa shape index (κ1) is 18.4. The van der Waals surface area contributed by atoms with Crippen LogP contribution in [-0.2, 0) is 0 Å². The lowest BCUT2D eigenvalue weighted by Crippen LogP contribution is -2.00. The number of unbranched alkanes of at least 4 members (excludes halogenated alkanes) is 2. The standard InChI is InChI=1S/C16H18O2S.C4H4S/c1-2-3-4-11-18-14-9-7-13(8-10-14)16(17)15-6-5-12-19-15;1-2-4-5-3-1/h5-10,12H,2-4,11H2,1H3;1-4H. The van der Waals surface area contributed by atoms with Crippen LogP contribution in [0.4, 0.5) is 0 Å². The third-order valence-electron chi connectivity index (χ3n) is 3.30. The Balaban J connectivity index is 0.000000355. The minimum absolute atomic E-state index is 0.0764. The molecule has 0 unspecified atom stereocenters. The Morgan fingerprint density at radius 3 is 2.25 bits per heavy atom. The number of hydrogen-bond acceptors (Lipinski definition) is 4. The SMILES string of the molecule is CCCCCOc1ccc(C(=O)c2cccs2)cc1.c1ccsc1. The van der Waals surface area contributed by atoms with E-state index in [4.69, 9.17) is 4.74 Å². The van der Waals surface area contributed by atoms with Crippen LogP contribution >= 0.6 is 22.7 Å². The van der Waals surface area contributed by atoms with Gasteiger partial charge in [0.1, 0.15) is 5.75 Å². The van der Waals surface area contributed by atoms with Gasteiger partial charge in [-0.3, -0.25) is 4.79 Å². The first-order valence-corrected chi connectivity index (χ1v) is 9.91. The molecule has 2 aromatic heterocycles. The zero-order valence-corrected chi connectivity index (χ0v) is 15.4. The summed E-state index contributed by atoms with van der Waals surface area (Å²) >= 11 is 3.18. The van der Waals surface area contributed by atoms with Gasteiger partial charge in [-0.2, -0.15) is 11.3 Å². The molecule has 24 heavy (non-hydrogen) atoms. The number of hydrogen-bond donors (Lipinski definition) is 0. The molecule has 0 N–H and O–H groups in total. The normalized spacial score (nSPS) is 9.88. The highest BCUT2D eigenvalue weighted by Crippen LogP contribution is 2.18. The van der Waals surface area contributed by atoms with E-state index in [0.29, 0.717) is 5.56 Å². The van der Waals surface area contributed by atoms with Crippen molar-refractivity contribution in [1.29, 1.82) is 0 Å². The van der Waals surface area contributed by atoms with Crippen LogP contribution in [0.3, 0.4) is 0 Å². The second-order valence-electron chi connectivity index (χ2n) is 5.18. The third-order valence-corrected chi connectivity index (χ3v) is 4.80. The molecular formula is C20H22O2S2. The maximum absolute atomic E-state index is 12.1. The van der Waals surface area contributed by atoms with Gasteiger partial charge < -0.3 is 4.74 Å². The molecule has 0 atom stereocenters. The van der Waals surface area contributed by atoms with Crippen LogP contribution in [0.15, 0.2) is 64.7 Å². The Bertz CT molecular complexity index is 654. The average Bonchev–Trinajstić information content (AvgIpc) is 3.35. The summed E-state index contributed by atoms with van der Waals surface area (Å²) in [6.07, 6.45) is 3.46. The molecule has 1 aromatic carbocycles. The molecule has 0 bridgehead atoms. The predicted molar refractivity (Wildman–Crippen MR) is 104 cm³/mol. The molecule has 0 saturated carbocycles. The highest BCUT2D eigenvalue weighted by Gasteiger charge is 2.09. The van der Waals surface area contributed by atoms with Crippen LogP contribution in [-0.4, -0.2) is 12.4 Å². The Labute approximate surface area is 151 Å². The van der Waals surface area contributed by atoms with Gasteiger partial charge in [-0.05, 0) is 52.9 Å². The molecule has 0 amide bonds. The van der Waals surface area contributed by atoms with Gasteiger partial charge in [0.05, 0.1) is 11.5 Å². The van der Waals surface area contributed by atoms with Crippen molar-refractivity contribution >= 4 is 28.5 Å². The van der Waals surface area contributed by atoms with E-state index in [0.717, 1.165) is 23.7 Å². The third kappa shape index (κ3) is 6.30. The largest absolute Gasteiger partial charge is 0.494 e. The molecule has 4 heteroatoms. The first-order chi connectivity index (χ1) is 11.8. The van der Waals surface area contributed by atoms with Gasteiger partial charge in [-0.15, -0.1) is 11.3 Å². The Hall–Kier alpha value is -1.91. The Morgan fingerprint density at radius 1 is 0.958 bits per heavy atom. The topological polar surface area (TPSA) is 26.3 Å². The van der Waals surface area contributed by atoms with Crippen LogP contribution in [0.25, 0.3) is 0 Å². The zero-order valence-electron chi connectivity index (χ0n) is 13.8. The fraction of sp³-hybridized carbons (Fsp3) is 0.250. The molecule has 2 nitrogen and oxygen atoms in total. The lowest BCUT2D eigenvalue weighted by molar-refractivity contribution is 0.104. The number of benzene rings is 1. The molecule has 0 radical (unpaired) electrons. The van der Waals surface area contributed by atoms with Crippen LogP contribution in [0.5, 0.6) is 5.75 Å². The molecule has 2 heterocycles. The fourth-order valence-corrected chi connectivity index (χ4v) is 3.16. The highest BCUT2D eigenvalue weighted by atomic mass is 32.1. The molecule has 0 spiro atoms. The molecule has 0 fully saturated rings. The minimum Gasteiger partial charge on any atom is -0.494 e. The zero-order chi connectivity index (χ0) is 17.0. The van der Waals surface area contributed by atoms with Crippen molar-refractivity contribution in [3.05, 3.63) is 75.1 Å². The van der Waals surface area contributed by atoms with Gasteiger partial charge >= 0.3 is 0 Å². The molecule has 0 aliphatic carbocycles. The maximum Gasteiger partial charge on any atom is 0.202 e. The summed E-state index contributed by atoms with van der Waals surface area (Å²) in [6.45, 7) is 2.91. The fourth-order valence-electron chi connectivity index (χ4n) is 2.02. The van der Waals surface area contributed by atoms with Gasteiger partial charge in [0.2, 0.25) is 5.78 Å². The number of ether oxygens (including phenoxy) is 1. The van der Waals surface area contributed by atoms with E-state index in [9.17, 15) is 4.79 Å². The van der Waals surface area contributed by atoms with Gasteiger partial charge in [0.25, 0.3) is 0 Å². The number of ketones is 1. The van der Waals surface area contributed by atoms with Crippen molar-refractivity contribution in [1.82, 2.24) is 0 Å². The second-order valence-corrected chi connectivity index (χ2v) is 6.94.